The lowest BCUT2D eigenvalue weighted by molar-refractivity contribution is 0.0312. The van der Waals surface area contributed by atoms with Crippen molar-refractivity contribution in [1.29, 1.82) is 0 Å². The molecule has 2 aromatic rings. The second-order valence-electron chi connectivity index (χ2n) is 5.69. The average Bonchev–Trinajstić information content (AvgIpc) is 2.56. The number of phenols is 1. The van der Waals surface area contributed by atoms with Crippen molar-refractivity contribution in [3.05, 3.63) is 65.7 Å². The van der Waals surface area contributed by atoms with Crippen LogP contribution >= 0.6 is 0 Å². The highest BCUT2D eigenvalue weighted by Crippen LogP contribution is 2.27. The summed E-state index contributed by atoms with van der Waals surface area (Å²) in [6.07, 6.45) is 6.07. The van der Waals surface area contributed by atoms with Crippen LogP contribution in [0.15, 0.2) is 54.6 Å². The van der Waals surface area contributed by atoms with Crippen molar-refractivity contribution in [2.45, 2.75) is 51.7 Å². The molecule has 0 saturated heterocycles. The predicted octanol–water partition coefficient (Wildman–Crippen LogP) is 5.62. The minimum Gasteiger partial charge on any atom is -0.508 e. The maximum Gasteiger partial charge on any atom is 0.121 e. The molecule has 0 bridgehead atoms. The minimum atomic E-state index is 0.0951. The Kier molecular flexibility index (Phi) is 6.98. The van der Waals surface area contributed by atoms with E-state index in [-0.39, 0.29) is 6.10 Å². The van der Waals surface area contributed by atoms with Gasteiger partial charge in [0.1, 0.15) is 5.75 Å². The smallest absolute Gasteiger partial charge is 0.121 e. The summed E-state index contributed by atoms with van der Waals surface area (Å²) < 4.78 is 6.12. The Morgan fingerprint density at radius 2 is 1.64 bits per heavy atom. The number of ether oxygens (including phenoxy) is 1. The monoisotopic (exact) mass is 298 g/mol. The van der Waals surface area contributed by atoms with Gasteiger partial charge in [-0.3, -0.25) is 0 Å². The molecule has 22 heavy (non-hydrogen) atoms. The van der Waals surface area contributed by atoms with Gasteiger partial charge < -0.3 is 9.84 Å². The predicted molar refractivity (Wildman–Crippen MR) is 90.8 cm³/mol. The van der Waals surface area contributed by atoms with Gasteiger partial charge in [0.2, 0.25) is 0 Å². The van der Waals surface area contributed by atoms with Crippen molar-refractivity contribution in [1.82, 2.24) is 0 Å². The first kappa shape index (κ1) is 16.6. The summed E-state index contributed by atoms with van der Waals surface area (Å²) in [7, 11) is 0. The zero-order valence-electron chi connectivity index (χ0n) is 13.4. The molecule has 0 aliphatic carbocycles. The number of para-hydroxylation sites is 1. The van der Waals surface area contributed by atoms with E-state index in [0.29, 0.717) is 12.4 Å². The van der Waals surface area contributed by atoms with E-state index in [4.69, 9.17) is 4.74 Å². The fraction of sp³-hybridized carbons (Fsp3) is 0.400. The molecular formula is C20H26O2. The molecule has 2 aromatic carbocycles. The number of unbranched alkanes of at least 4 members (excludes halogenated alkanes) is 3. The molecule has 0 radical (unpaired) electrons. The zero-order valence-corrected chi connectivity index (χ0v) is 13.4. The summed E-state index contributed by atoms with van der Waals surface area (Å²) in [6, 6.07) is 17.8. The maximum atomic E-state index is 9.86. The first-order valence-corrected chi connectivity index (χ1v) is 8.24. The second kappa shape index (κ2) is 9.26. The van der Waals surface area contributed by atoms with Crippen molar-refractivity contribution >= 4 is 0 Å². The van der Waals surface area contributed by atoms with Crippen LogP contribution in [-0.2, 0) is 11.3 Å². The molecule has 0 heterocycles. The molecule has 0 saturated carbocycles. The molecular weight excluding hydrogens is 272 g/mol. The van der Waals surface area contributed by atoms with E-state index in [2.05, 4.69) is 31.2 Å². The highest BCUT2D eigenvalue weighted by Gasteiger charge is 2.12. The van der Waals surface area contributed by atoms with Gasteiger partial charge in [-0.05, 0) is 18.1 Å². The summed E-state index contributed by atoms with van der Waals surface area (Å²) in [5.41, 5.74) is 2.06. The number of benzene rings is 2. The maximum absolute atomic E-state index is 9.86. The van der Waals surface area contributed by atoms with Gasteiger partial charge in [0.25, 0.3) is 0 Å². The Bertz CT molecular complexity index is 536. The SMILES string of the molecule is CCCCCCC(OCc1ccccc1O)c1ccccc1. The molecule has 2 nitrogen and oxygen atoms in total. The Labute approximate surface area is 133 Å². The van der Waals surface area contributed by atoms with E-state index in [1.807, 2.05) is 24.3 Å². The molecule has 118 valence electrons. The minimum absolute atomic E-state index is 0.0951. The average molecular weight is 298 g/mol. The molecule has 0 amide bonds. The summed E-state index contributed by atoms with van der Waals surface area (Å²) in [4.78, 5) is 0. The Morgan fingerprint density at radius 3 is 2.36 bits per heavy atom. The number of hydrogen-bond acceptors (Lipinski definition) is 2. The highest BCUT2D eigenvalue weighted by atomic mass is 16.5. The molecule has 2 heteroatoms. The van der Waals surface area contributed by atoms with Crippen molar-refractivity contribution < 1.29 is 9.84 Å². The third kappa shape index (κ3) is 5.19. The molecule has 0 aliphatic rings. The van der Waals surface area contributed by atoms with E-state index in [0.717, 1.165) is 12.0 Å². The lowest BCUT2D eigenvalue weighted by Gasteiger charge is -2.19. The highest BCUT2D eigenvalue weighted by molar-refractivity contribution is 5.31. The quantitative estimate of drug-likeness (QED) is 0.609. The van der Waals surface area contributed by atoms with Crippen molar-refractivity contribution in [2.75, 3.05) is 0 Å². The summed E-state index contributed by atoms with van der Waals surface area (Å²) >= 11 is 0. The Morgan fingerprint density at radius 1 is 0.909 bits per heavy atom. The summed E-state index contributed by atoms with van der Waals surface area (Å²) in [6.45, 7) is 2.67. The van der Waals surface area contributed by atoms with Crippen LogP contribution in [-0.4, -0.2) is 5.11 Å². The van der Waals surface area contributed by atoms with Gasteiger partial charge in [-0.25, -0.2) is 0 Å². The van der Waals surface area contributed by atoms with Gasteiger partial charge in [0, 0.05) is 5.56 Å². The van der Waals surface area contributed by atoms with Gasteiger partial charge in [0.15, 0.2) is 0 Å². The van der Waals surface area contributed by atoms with Crippen LogP contribution in [0.25, 0.3) is 0 Å². The number of rotatable bonds is 9. The molecule has 1 unspecified atom stereocenters. The second-order valence-corrected chi connectivity index (χ2v) is 5.69. The third-order valence-corrected chi connectivity index (χ3v) is 3.92. The van der Waals surface area contributed by atoms with Gasteiger partial charge in [-0.15, -0.1) is 0 Å². The van der Waals surface area contributed by atoms with Crippen molar-refractivity contribution in [3.8, 4) is 5.75 Å². The van der Waals surface area contributed by atoms with Crippen LogP contribution in [0.2, 0.25) is 0 Å². The van der Waals surface area contributed by atoms with Crippen LogP contribution < -0.4 is 0 Å². The summed E-state index contributed by atoms with van der Waals surface area (Å²) in [5.74, 6) is 0.306. The van der Waals surface area contributed by atoms with Crippen molar-refractivity contribution in [3.63, 3.8) is 0 Å². The lowest BCUT2D eigenvalue weighted by Crippen LogP contribution is -2.05. The normalized spacial score (nSPS) is 12.2. The van der Waals surface area contributed by atoms with Crippen LogP contribution in [0.3, 0.4) is 0 Å². The van der Waals surface area contributed by atoms with Gasteiger partial charge >= 0.3 is 0 Å². The fourth-order valence-corrected chi connectivity index (χ4v) is 2.59. The van der Waals surface area contributed by atoms with E-state index in [1.54, 1.807) is 6.07 Å². The molecule has 0 fully saturated rings. The third-order valence-electron chi connectivity index (χ3n) is 3.92. The molecule has 2 rings (SSSR count). The van der Waals surface area contributed by atoms with Crippen LogP contribution in [0.4, 0.5) is 0 Å². The Balaban J connectivity index is 1.96. The number of phenolic OH excluding ortho intramolecular Hbond substituents is 1. The zero-order chi connectivity index (χ0) is 15.6. The fourth-order valence-electron chi connectivity index (χ4n) is 2.59. The van der Waals surface area contributed by atoms with E-state index < -0.39 is 0 Å². The van der Waals surface area contributed by atoms with E-state index in [1.165, 1.54) is 31.2 Å². The van der Waals surface area contributed by atoms with E-state index in [9.17, 15) is 5.11 Å². The molecule has 1 N–H and O–H groups in total. The molecule has 0 aliphatic heterocycles. The van der Waals surface area contributed by atoms with Gasteiger partial charge in [-0.1, -0.05) is 81.1 Å². The standard InChI is InChI=1S/C20H26O2/c1-2-3-4-8-15-20(17-11-6-5-7-12-17)22-16-18-13-9-10-14-19(18)21/h5-7,9-14,20-21H,2-4,8,15-16H2,1H3. The van der Waals surface area contributed by atoms with Crippen LogP contribution in [0.5, 0.6) is 5.75 Å². The number of hydrogen-bond donors (Lipinski definition) is 1. The van der Waals surface area contributed by atoms with Gasteiger partial charge in [-0.2, -0.15) is 0 Å². The molecule has 0 aromatic heterocycles. The first-order chi connectivity index (χ1) is 10.8. The lowest BCUT2D eigenvalue weighted by atomic mass is 10.0. The first-order valence-electron chi connectivity index (χ1n) is 8.24. The summed E-state index contributed by atoms with van der Waals surface area (Å²) in [5, 5.41) is 9.86. The molecule has 1 atom stereocenters. The van der Waals surface area contributed by atoms with E-state index >= 15 is 0 Å². The largest absolute Gasteiger partial charge is 0.508 e. The van der Waals surface area contributed by atoms with Crippen LogP contribution in [0, 0.1) is 0 Å². The number of aromatic hydroxyl groups is 1. The molecule has 0 spiro atoms. The van der Waals surface area contributed by atoms with Crippen LogP contribution in [0.1, 0.15) is 56.3 Å². The van der Waals surface area contributed by atoms with Crippen molar-refractivity contribution in [2.24, 2.45) is 0 Å². The Hall–Kier alpha value is -1.80. The topological polar surface area (TPSA) is 29.5 Å². The van der Waals surface area contributed by atoms with Gasteiger partial charge in [0.05, 0.1) is 12.7 Å².